The van der Waals surface area contributed by atoms with Gasteiger partial charge in [-0.2, -0.15) is 0 Å². The van der Waals surface area contributed by atoms with Crippen LogP contribution < -0.4 is 19.5 Å². The normalized spacial score (nSPS) is 11.6. The third-order valence-electron chi connectivity index (χ3n) is 4.49. The van der Waals surface area contributed by atoms with E-state index in [1.807, 2.05) is 42.1 Å². The summed E-state index contributed by atoms with van der Waals surface area (Å²) in [6.07, 6.45) is 3.53. The lowest BCUT2D eigenvalue weighted by molar-refractivity contribution is 0.0940. The van der Waals surface area contributed by atoms with Gasteiger partial charge in [-0.05, 0) is 24.3 Å². The molecule has 3 aromatic rings. The zero-order chi connectivity index (χ0) is 20.1. The Kier molecular flexibility index (Phi) is 5.84. The number of aromatic nitrogens is 2. The fraction of sp³-hybridized carbons (Fsp3) is 0.238. The molecule has 1 aromatic heterocycles. The van der Waals surface area contributed by atoms with Crippen molar-refractivity contribution in [2.24, 2.45) is 7.05 Å². The van der Waals surface area contributed by atoms with Crippen LogP contribution in [0.4, 0.5) is 0 Å². The van der Waals surface area contributed by atoms with Crippen molar-refractivity contribution >= 4 is 5.91 Å². The molecule has 7 heteroatoms. The van der Waals surface area contributed by atoms with Gasteiger partial charge < -0.3 is 24.1 Å². The maximum atomic E-state index is 13.0. The third-order valence-corrected chi connectivity index (χ3v) is 4.49. The van der Waals surface area contributed by atoms with E-state index in [1.165, 1.54) is 7.11 Å². The van der Waals surface area contributed by atoms with Gasteiger partial charge in [0.25, 0.3) is 5.91 Å². The van der Waals surface area contributed by atoms with Gasteiger partial charge in [0.2, 0.25) is 0 Å². The number of hydrogen-bond donors (Lipinski definition) is 1. The fourth-order valence-electron chi connectivity index (χ4n) is 3.03. The first kappa shape index (κ1) is 19.3. The average Bonchev–Trinajstić information content (AvgIpc) is 3.16. The summed E-state index contributed by atoms with van der Waals surface area (Å²) in [6.45, 7) is 0. The number of para-hydroxylation sites is 1. The van der Waals surface area contributed by atoms with Crippen LogP contribution >= 0.6 is 0 Å². The number of methoxy groups -OCH3 is 3. The van der Waals surface area contributed by atoms with Crippen LogP contribution in [0, 0.1) is 0 Å². The molecule has 28 heavy (non-hydrogen) atoms. The highest BCUT2D eigenvalue weighted by molar-refractivity contribution is 5.95. The number of carbonyl (C=O) groups is 1. The number of amides is 1. The van der Waals surface area contributed by atoms with E-state index in [9.17, 15) is 4.79 Å². The van der Waals surface area contributed by atoms with Crippen LogP contribution in [0.3, 0.4) is 0 Å². The van der Waals surface area contributed by atoms with Crippen LogP contribution in [0.5, 0.6) is 17.2 Å². The van der Waals surface area contributed by atoms with Crippen molar-refractivity contribution in [3.8, 4) is 17.2 Å². The van der Waals surface area contributed by atoms with Crippen molar-refractivity contribution in [3.63, 3.8) is 0 Å². The highest BCUT2D eigenvalue weighted by Gasteiger charge is 2.24. The molecule has 1 heterocycles. The molecule has 0 aliphatic heterocycles. The zero-order valence-electron chi connectivity index (χ0n) is 16.3. The predicted molar refractivity (Wildman–Crippen MR) is 105 cm³/mol. The number of aryl methyl sites for hydroxylation is 1. The minimum Gasteiger partial charge on any atom is -0.496 e. The minimum atomic E-state index is -0.489. The molecule has 2 aromatic carbocycles. The molecule has 0 radical (unpaired) electrons. The summed E-state index contributed by atoms with van der Waals surface area (Å²) in [5.74, 6) is 2.15. The van der Waals surface area contributed by atoms with Crippen LogP contribution in [-0.2, 0) is 7.05 Å². The number of nitrogens with zero attached hydrogens (tertiary/aromatic N) is 2. The molecule has 0 spiro atoms. The van der Waals surface area contributed by atoms with Crippen molar-refractivity contribution in [2.75, 3.05) is 21.3 Å². The zero-order valence-corrected chi connectivity index (χ0v) is 16.3. The van der Waals surface area contributed by atoms with E-state index in [1.54, 1.807) is 38.6 Å². The van der Waals surface area contributed by atoms with Gasteiger partial charge in [0, 0.05) is 30.6 Å². The van der Waals surface area contributed by atoms with Crippen molar-refractivity contribution in [1.82, 2.24) is 14.9 Å². The van der Waals surface area contributed by atoms with Gasteiger partial charge >= 0.3 is 0 Å². The van der Waals surface area contributed by atoms with E-state index in [-0.39, 0.29) is 5.91 Å². The van der Waals surface area contributed by atoms with Crippen LogP contribution in [0.25, 0.3) is 0 Å². The van der Waals surface area contributed by atoms with Gasteiger partial charge in [-0.1, -0.05) is 18.2 Å². The first-order valence-electron chi connectivity index (χ1n) is 8.72. The predicted octanol–water partition coefficient (Wildman–Crippen LogP) is 2.97. The second-order valence-corrected chi connectivity index (χ2v) is 6.11. The largest absolute Gasteiger partial charge is 0.496 e. The Balaban J connectivity index is 1.98. The molecule has 7 nitrogen and oxygen atoms in total. The van der Waals surface area contributed by atoms with Crippen molar-refractivity contribution in [1.29, 1.82) is 0 Å². The number of carbonyl (C=O) groups excluding carboxylic acids is 1. The lowest BCUT2D eigenvalue weighted by atomic mass is 10.0. The molecule has 1 atom stereocenters. The van der Waals surface area contributed by atoms with Gasteiger partial charge in [0.15, 0.2) is 11.5 Å². The van der Waals surface area contributed by atoms with E-state index < -0.39 is 6.04 Å². The smallest absolute Gasteiger partial charge is 0.252 e. The van der Waals surface area contributed by atoms with Gasteiger partial charge in [0.1, 0.15) is 17.6 Å². The van der Waals surface area contributed by atoms with Gasteiger partial charge in [-0.3, -0.25) is 4.79 Å². The number of rotatable bonds is 7. The lowest BCUT2D eigenvalue weighted by Crippen LogP contribution is -2.31. The summed E-state index contributed by atoms with van der Waals surface area (Å²) in [7, 11) is 6.57. The molecule has 1 N–H and O–H groups in total. The molecule has 0 saturated carbocycles. The maximum absolute atomic E-state index is 13.0. The van der Waals surface area contributed by atoms with Gasteiger partial charge in [0.05, 0.1) is 21.3 Å². The molecule has 0 aliphatic rings. The highest BCUT2D eigenvalue weighted by Crippen LogP contribution is 2.31. The summed E-state index contributed by atoms with van der Waals surface area (Å²) in [4.78, 5) is 17.4. The van der Waals surface area contributed by atoms with Gasteiger partial charge in [-0.15, -0.1) is 0 Å². The Hall–Kier alpha value is -3.48. The molecule has 0 bridgehead atoms. The summed E-state index contributed by atoms with van der Waals surface area (Å²) in [6, 6.07) is 12.1. The second kappa shape index (κ2) is 8.47. The van der Waals surface area contributed by atoms with E-state index >= 15 is 0 Å². The fourth-order valence-corrected chi connectivity index (χ4v) is 3.03. The SMILES string of the molecule is COc1ccc(C(=O)NC(c2ccccc2OC)c2nccn2C)cc1OC. The topological polar surface area (TPSA) is 74.6 Å². The van der Waals surface area contributed by atoms with Crippen molar-refractivity contribution in [2.45, 2.75) is 6.04 Å². The van der Waals surface area contributed by atoms with Crippen LogP contribution in [0.2, 0.25) is 0 Å². The Morgan fingerprint density at radius 1 is 1.00 bits per heavy atom. The highest BCUT2D eigenvalue weighted by atomic mass is 16.5. The average molecular weight is 381 g/mol. The Labute approximate surface area is 163 Å². The number of benzene rings is 2. The number of hydrogen-bond acceptors (Lipinski definition) is 5. The Morgan fingerprint density at radius 2 is 1.71 bits per heavy atom. The first-order valence-corrected chi connectivity index (χ1v) is 8.72. The standard InChI is InChI=1S/C21H23N3O4/c1-24-12-11-22-20(24)19(15-7-5-6-8-16(15)26-2)23-21(25)14-9-10-17(27-3)18(13-14)28-4/h5-13,19H,1-4H3,(H,23,25). The second-order valence-electron chi connectivity index (χ2n) is 6.11. The molecule has 3 rings (SSSR count). The van der Waals surface area contributed by atoms with E-state index in [0.717, 1.165) is 5.56 Å². The molecule has 0 aliphatic carbocycles. The van der Waals surface area contributed by atoms with Crippen molar-refractivity contribution in [3.05, 3.63) is 71.8 Å². The molecular weight excluding hydrogens is 358 g/mol. The summed E-state index contributed by atoms with van der Waals surface area (Å²) in [5.41, 5.74) is 1.26. The van der Waals surface area contributed by atoms with Crippen LogP contribution in [0.15, 0.2) is 54.9 Å². The van der Waals surface area contributed by atoms with Crippen molar-refractivity contribution < 1.29 is 19.0 Å². The summed E-state index contributed by atoms with van der Waals surface area (Å²) < 4.78 is 17.9. The number of ether oxygens (including phenoxy) is 3. The summed E-state index contributed by atoms with van der Waals surface area (Å²) in [5, 5.41) is 3.06. The lowest BCUT2D eigenvalue weighted by Gasteiger charge is -2.21. The number of imidazole rings is 1. The van der Waals surface area contributed by atoms with Crippen LogP contribution in [-0.4, -0.2) is 36.8 Å². The Morgan fingerprint density at radius 3 is 2.36 bits per heavy atom. The molecule has 0 fully saturated rings. The van der Waals surface area contributed by atoms with E-state index in [2.05, 4.69) is 10.3 Å². The maximum Gasteiger partial charge on any atom is 0.252 e. The Bertz CT molecular complexity index is 968. The van der Waals surface area contributed by atoms with Gasteiger partial charge in [-0.25, -0.2) is 4.98 Å². The molecule has 1 unspecified atom stereocenters. The molecular formula is C21H23N3O4. The van der Waals surface area contributed by atoms with E-state index in [4.69, 9.17) is 14.2 Å². The summed E-state index contributed by atoms with van der Waals surface area (Å²) >= 11 is 0. The quantitative estimate of drug-likeness (QED) is 0.681. The molecule has 146 valence electrons. The monoisotopic (exact) mass is 381 g/mol. The number of nitrogens with one attached hydrogen (secondary N) is 1. The van der Waals surface area contributed by atoms with Crippen LogP contribution in [0.1, 0.15) is 27.8 Å². The minimum absolute atomic E-state index is 0.264. The first-order chi connectivity index (χ1) is 13.6. The molecule has 1 amide bonds. The third kappa shape index (κ3) is 3.78. The molecule has 0 saturated heterocycles. The van der Waals surface area contributed by atoms with E-state index in [0.29, 0.717) is 28.6 Å².